The zero-order valence-electron chi connectivity index (χ0n) is 13.3. The summed E-state index contributed by atoms with van der Waals surface area (Å²) in [4.78, 5) is 11.8. The average molecular weight is 277 g/mol. The van der Waals surface area contributed by atoms with Crippen LogP contribution in [0.2, 0.25) is 0 Å². The van der Waals surface area contributed by atoms with E-state index in [0.717, 1.165) is 29.4 Å². The van der Waals surface area contributed by atoms with Crippen molar-refractivity contribution in [3.8, 4) is 0 Å². The first-order valence-electron chi connectivity index (χ1n) is 7.63. The number of rotatable bonds is 4. The zero-order valence-corrected chi connectivity index (χ0v) is 13.3. The molecule has 1 fully saturated rings. The first-order valence-corrected chi connectivity index (χ1v) is 7.63. The van der Waals surface area contributed by atoms with Crippen LogP contribution in [0.3, 0.4) is 0 Å². The topological polar surface area (TPSA) is 67.1 Å². The van der Waals surface area contributed by atoms with Crippen LogP contribution in [0.1, 0.15) is 64.3 Å². The van der Waals surface area contributed by atoms with Crippen LogP contribution in [0, 0.1) is 6.92 Å². The second-order valence-electron chi connectivity index (χ2n) is 6.07. The number of nitrogens with zero attached hydrogens (tertiary/aromatic N) is 3. The molecule has 2 atom stereocenters. The van der Waals surface area contributed by atoms with Crippen molar-refractivity contribution in [1.29, 1.82) is 0 Å². The molecule has 1 aromatic rings. The summed E-state index contributed by atoms with van der Waals surface area (Å²) in [7, 11) is 0. The molecule has 0 aromatic carbocycles. The summed E-state index contributed by atoms with van der Waals surface area (Å²) < 4.78 is 0. The van der Waals surface area contributed by atoms with Crippen molar-refractivity contribution in [2.45, 2.75) is 71.9 Å². The van der Waals surface area contributed by atoms with Crippen LogP contribution < -0.4 is 16.2 Å². The summed E-state index contributed by atoms with van der Waals surface area (Å²) in [5.41, 5.74) is 3.77. The monoisotopic (exact) mass is 277 g/mol. The van der Waals surface area contributed by atoms with Gasteiger partial charge in [0.15, 0.2) is 0 Å². The van der Waals surface area contributed by atoms with E-state index in [-0.39, 0.29) is 0 Å². The minimum Gasteiger partial charge on any atom is -0.351 e. The Morgan fingerprint density at radius 3 is 2.60 bits per heavy atom. The number of nitrogen functional groups attached to an aromatic ring is 1. The lowest BCUT2D eigenvalue weighted by Crippen LogP contribution is -2.36. The van der Waals surface area contributed by atoms with E-state index in [2.05, 4.69) is 43.0 Å². The highest BCUT2D eigenvalue weighted by Crippen LogP contribution is 2.35. The quantitative estimate of drug-likeness (QED) is 0.654. The molecule has 0 amide bonds. The third kappa shape index (κ3) is 2.59. The Morgan fingerprint density at radius 1 is 1.35 bits per heavy atom. The second-order valence-corrected chi connectivity index (χ2v) is 6.07. The average Bonchev–Trinajstić information content (AvgIpc) is 2.79. The van der Waals surface area contributed by atoms with E-state index in [1.807, 2.05) is 6.92 Å². The highest BCUT2D eigenvalue weighted by Gasteiger charge is 2.32. The standard InChI is InChI=1S/C15H27N5/c1-6-12-8-7-10(4)20(12)15-11(5)14(19-16)17-13(18-15)9(2)3/h9-10,12H,6-8,16H2,1-5H3,(H,17,18,19). The zero-order chi connectivity index (χ0) is 14.9. The van der Waals surface area contributed by atoms with Crippen molar-refractivity contribution < 1.29 is 0 Å². The van der Waals surface area contributed by atoms with Crippen LogP contribution in [0.4, 0.5) is 11.6 Å². The maximum atomic E-state index is 5.63. The molecule has 3 N–H and O–H groups in total. The van der Waals surface area contributed by atoms with Crippen molar-refractivity contribution >= 4 is 11.6 Å². The first kappa shape index (κ1) is 15.0. The van der Waals surface area contributed by atoms with E-state index in [4.69, 9.17) is 10.8 Å². The number of aromatic nitrogens is 2. The Morgan fingerprint density at radius 2 is 2.05 bits per heavy atom. The van der Waals surface area contributed by atoms with Crippen molar-refractivity contribution in [3.05, 3.63) is 11.4 Å². The molecule has 0 radical (unpaired) electrons. The van der Waals surface area contributed by atoms with E-state index < -0.39 is 0 Å². The van der Waals surface area contributed by atoms with Gasteiger partial charge in [-0.3, -0.25) is 0 Å². The van der Waals surface area contributed by atoms with Crippen LogP contribution in [0.25, 0.3) is 0 Å². The summed E-state index contributed by atoms with van der Waals surface area (Å²) in [6, 6.07) is 1.10. The van der Waals surface area contributed by atoms with Gasteiger partial charge in [-0.2, -0.15) is 0 Å². The molecule has 0 saturated carbocycles. The highest BCUT2D eigenvalue weighted by molar-refractivity contribution is 5.59. The molecule has 2 rings (SSSR count). The first-order chi connectivity index (χ1) is 9.49. The number of anilines is 2. The number of nitrogens with one attached hydrogen (secondary N) is 1. The highest BCUT2D eigenvalue weighted by atomic mass is 15.3. The summed E-state index contributed by atoms with van der Waals surface area (Å²) in [5, 5.41) is 0. The molecule has 112 valence electrons. The Bertz CT molecular complexity index is 472. The molecule has 1 aliphatic heterocycles. The lowest BCUT2D eigenvalue weighted by atomic mass is 10.1. The van der Waals surface area contributed by atoms with Gasteiger partial charge in [-0.15, -0.1) is 0 Å². The van der Waals surface area contributed by atoms with E-state index in [1.165, 1.54) is 12.8 Å². The Kier molecular flexibility index (Phi) is 4.48. The summed E-state index contributed by atoms with van der Waals surface area (Å²) in [6.07, 6.45) is 3.62. The molecular weight excluding hydrogens is 250 g/mol. The minimum atomic E-state index is 0.291. The fourth-order valence-corrected chi connectivity index (χ4v) is 3.03. The Labute approximate surface area is 121 Å². The fraction of sp³-hybridized carbons (Fsp3) is 0.733. The third-order valence-corrected chi connectivity index (χ3v) is 4.29. The van der Waals surface area contributed by atoms with Gasteiger partial charge in [0.05, 0.1) is 0 Å². The van der Waals surface area contributed by atoms with E-state index in [9.17, 15) is 0 Å². The molecule has 0 bridgehead atoms. The van der Waals surface area contributed by atoms with Crippen LogP contribution in [-0.4, -0.2) is 22.1 Å². The van der Waals surface area contributed by atoms with Crippen molar-refractivity contribution in [2.24, 2.45) is 5.84 Å². The molecular formula is C15H27N5. The second kappa shape index (κ2) is 5.95. The molecule has 20 heavy (non-hydrogen) atoms. The number of hydrogen-bond acceptors (Lipinski definition) is 5. The third-order valence-electron chi connectivity index (χ3n) is 4.29. The van der Waals surface area contributed by atoms with Gasteiger partial charge >= 0.3 is 0 Å². The SMILES string of the molecule is CCC1CCC(C)N1c1nc(C(C)C)nc(NN)c1C. The van der Waals surface area contributed by atoms with Crippen molar-refractivity contribution in [3.63, 3.8) is 0 Å². The Balaban J connectivity index is 2.51. The van der Waals surface area contributed by atoms with Crippen LogP contribution in [-0.2, 0) is 0 Å². The smallest absolute Gasteiger partial charge is 0.148 e. The lowest BCUT2D eigenvalue weighted by Gasteiger charge is -2.31. The largest absolute Gasteiger partial charge is 0.351 e. The predicted octanol–water partition coefficient (Wildman–Crippen LogP) is 2.96. The van der Waals surface area contributed by atoms with E-state index in [0.29, 0.717) is 18.0 Å². The number of hydrazine groups is 1. The molecule has 1 saturated heterocycles. The molecule has 5 heteroatoms. The maximum Gasteiger partial charge on any atom is 0.148 e. The van der Waals surface area contributed by atoms with Gasteiger partial charge in [0, 0.05) is 23.6 Å². The van der Waals surface area contributed by atoms with Crippen molar-refractivity contribution in [2.75, 3.05) is 10.3 Å². The molecule has 1 aliphatic rings. The minimum absolute atomic E-state index is 0.291. The fourth-order valence-electron chi connectivity index (χ4n) is 3.03. The molecule has 2 heterocycles. The number of nitrogens with two attached hydrogens (primary N) is 1. The van der Waals surface area contributed by atoms with Crippen LogP contribution in [0.5, 0.6) is 0 Å². The van der Waals surface area contributed by atoms with Gasteiger partial charge in [0.2, 0.25) is 0 Å². The molecule has 0 spiro atoms. The molecule has 1 aromatic heterocycles. The lowest BCUT2D eigenvalue weighted by molar-refractivity contribution is 0.614. The summed E-state index contributed by atoms with van der Waals surface area (Å²) in [5.74, 6) is 8.57. The molecule has 0 aliphatic carbocycles. The molecule has 2 unspecified atom stereocenters. The summed E-state index contributed by atoms with van der Waals surface area (Å²) in [6.45, 7) is 10.8. The van der Waals surface area contributed by atoms with Gasteiger partial charge in [-0.05, 0) is 33.1 Å². The summed E-state index contributed by atoms with van der Waals surface area (Å²) >= 11 is 0. The predicted molar refractivity (Wildman–Crippen MR) is 83.9 cm³/mol. The maximum absolute atomic E-state index is 5.63. The van der Waals surface area contributed by atoms with E-state index >= 15 is 0 Å². The number of hydrogen-bond donors (Lipinski definition) is 2. The van der Waals surface area contributed by atoms with Gasteiger partial charge < -0.3 is 10.3 Å². The van der Waals surface area contributed by atoms with Gasteiger partial charge in [-0.25, -0.2) is 15.8 Å². The van der Waals surface area contributed by atoms with Crippen LogP contribution in [0.15, 0.2) is 0 Å². The van der Waals surface area contributed by atoms with E-state index in [1.54, 1.807) is 0 Å². The normalized spacial score (nSPS) is 22.6. The van der Waals surface area contributed by atoms with Gasteiger partial charge in [0.1, 0.15) is 17.5 Å². The van der Waals surface area contributed by atoms with Crippen LogP contribution >= 0.6 is 0 Å². The Hall–Kier alpha value is -1.36. The molecule has 5 nitrogen and oxygen atoms in total. The van der Waals surface area contributed by atoms with Crippen molar-refractivity contribution in [1.82, 2.24) is 9.97 Å². The van der Waals surface area contributed by atoms with Gasteiger partial charge in [-0.1, -0.05) is 20.8 Å². The van der Waals surface area contributed by atoms with Gasteiger partial charge in [0.25, 0.3) is 0 Å².